The van der Waals surface area contributed by atoms with Gasteiger partial charge < -0.3 is 5.32 Å². The van der Waals surface area contributed by atoms with Gasteiger partial charge in [0.05, 0.1) is 10.8 Å². The summed E-state index contributed by atoms with van der Waals surface area (Å²) in [6, 6.07) is 7.89. The largest absolute Gasteiger partial charge is 0.312 e. The summed E-state index contributed by atoms with van der Waals surface area (Å²) in [6.07, 6.45) is 1.70. The van der Waals surface area contributed by atoms with Gasteiger partial charge in [-0.15, -0.1) is 6.58 Å². The number of hydrogen-bond donors (Lipinski definition) is 1. The van der Waals surface area contributed by atoms with E-state index in [1.165, 1.54) is 0 Å². The molecule has 1 aromatic rings. The molecule has 1 rings (SSSR count). The van der Waals surface area contributed by atoms with Gasteiger partial charge in [0.25, 0.3) is 0 Å². The summed E-state index contributed by atoms with van der Waals surface area (Å²) in [5.41, 5.74) is 1.12. The van der Waals surface area contributed by atoms with E-state index in [1.54, 1.807) is 6.08 Å². The third-order valence-electron chi connectivity index (χ3n) is 2.36. The molecule has 2 nitrogen and oxygen atoms in total. The quantitative estimate of drug-likeness (QED) is 0.755. The summed E-state index contributed by atoms with van der Waals surface area (Å²) in [7, 11) is -0.967. The molecular weight excluding hydrogens is 230 g/mol. The summed E-state index contributed by atoms with van der Waals surface area (Å²) >= 11 is 0. The molecule has 0 spiro atoms. The van der Waals surface area contributed by atoms with Gasteiger partial charge in [-0.25, -0.2) is 0 Å². The standard InChI is InChI=1S/C14H21NOS/c1-4-9-17(16)14-8-6-5-7-13(14)11-15-10-12(2)3/h4-8,12,15H,1,9-11H2,2-3H3. The molecule has 0 aliphatic rings. The number of hydrogen-bond acceptors (Lipinski definition) is 2. The average Bonchev–Trinajstić information content (AvgIpc) is 2.29. The van der Waals surface area contributed by atoms with Gasteiger partial charge in [0.2, 0.25) is 0 Å². The van der Waals surface area contributed by atoms with Crippen LogP contribution in [-0.4, -0.2) is 16.5 Å². The van der Waals surface area contributed by atoms with Gasteiger partial charge in [-0.2, -0.15) is 0 Å². The van der Waals surface area contributed by atoms with Crippen molar-refractivity contribution in [3.8, 4) is 0 Å². The summed E-state index contributed by atoms with van der Waals surface area (Å²) in [4.78, 5) is 0.920. The van der Waals surface area contributed by atoms with Gasteiger partial charge in [0.1, 0.15) is 0 Å². The Kier molecular flexibility index (Phi) is 6.16. The molecule has 1 atom stereocenters. The van der Waals surface area contributed by atoms with E-state index < -0.39 is 10.8 Å². The van der Waals surface area contributed by atoms with Crippen LogP contribution in [0, 0.1) is 5.92 Å². The second-order valence-corrected chi connectivity index (χ2v) is 5.90. The van der Waals surface area contributed by atoms with Gasteiger partial charge in [-0.05, 0) is 24.1 Å². The zero-order valence-electron chi connectivity index (χ0n) is 10.6. The van der Waals surface area contributed by atoms with Crippen LogP contribution in [-0.2, 0) is 17.3 Å². The first-order chi connectivity index (χ1) is 8.15. The van der Waals surface area contributed by atoms with Crippen molar-refractivity contribution in [2.24, 2.45) is 5.92 Å². The lowest BCUT2D eigenvalue weighted by Crippen LogP contribution is -2.20. The third-order valence-corrected chi connectivity index (χ3v) is 3.78. The first kappa shape index (κ1) is 14.1. The highest BCUT2D eigenvalue weighted by Crippen LogP contribution is 2.13. The molecule has 0 aliphatic heterocycles. The minimum Gasteiger partial charge on any atom is -0.312 e. The van der Waals surface area contributed by atoms with Crippen molar-refractivity contribution in [1.82, 2.24) is 5.32 Å². The molecule has 0 radical (unpaired) electrons. The molecule has 3 heteroatoms. The van der Waals surface area contributed by atoms with E-state index in [0.29, 0.717) is 11.7 Å². The summed E-state index contributed by atoms with van der Waals surface area (Å²) < 4.78 is 12.0. The molecule has 1 N–H and O–H groups in total. The predicted octanol–water partition coefficient (Wildman–Crippen LogP) is 2.73. The maximum atomic E-state index is 12.0. The summed E-state index contributed by atoms with van der Waals surface area (Å²) in [5.74, 6) is 1.14. The molecule has 0 amide bonds. The van der Waals surface area contributed by atoms with Crippen LogP contribution >= 0.6 is 0 Å². The molecule has 0 saturated heterocycles. The summed E-state index contributed by atoms with van der Waals surface area (Å²) in [5, 5.41) is 3.38. The SMILES string of the molecule is C=CCS(=O)c1ccccc1CNCC(C)C. The predicted molar refractivity (Wildman–Crippen MR) is 74.5 cm³/mol. The zero-order valence-corrected chi connectivity index (χ0v) is 11.4. The van der Waals surface area contributed by atoms with Gasteiger partial charge in [0.15, 0.2) is 0 Å². The lowest BCUT2D eigenvalue weighted by molar-refractivity contribution is 0.549. The highest BCUT2D eigenvalue weighted by molar-refractivity contribution is 7.85. The highest BCUT2D eigenvalue weighted by atomic mass is 32.2. The zero-order chi connectivity index (χ0) is 12.7. The lowest BCUT2D eigenvalue weighted by Gasteiger charge is -2.11. The van der Waals surface area contributed by atoms with E-state index in [1.807, 2.05) is 24.3 Å². The Morgan fingerprint density at radius 2 is 2.12 bits per heavy atom. The molecule has 94 valence electrons. The second kappa shape index (κ2) is 7.41. The van der Waals surface area contributed by atoms with Crippen molar-refractivity contribution in [1.29, 1.82) is 0 Å². The van der Waals surface area contributed by atoms with Gasteiger partial charge >= 0.3 is 0 Å². The molecule has 0 aliphatic carbocycles. The number of rotatable bonds is 7. The topological polar surface area (TPSA) is 29.1 Å². The van der Waals surface area contributed by atoms with Crippen LogP contribution in [0.2, 0.25) is 0 Å². The van der Waals surface area contributed by atoms with E-state index in [4.69, 9.17) is 0 Å². The minimum absolute atomic E-state index is 0.515. The van der Waals surface area contributed by atoms with Crippen LogP contribution < -0.4 is 5.32 Å². The molecule has 0 saturated carbocycles. The molecule has 1 unspecified atom stereocenters. The van der Waals surface area contributed by atoms with E-state index in [-0.39, 0.29) is 0 Å². The van der Waals surface area contributed by atoms with Crippen molar-refractivity contribution in [2.75, 3.05) is 12.3 Å². The van der Waals surface area contributed by atoms with Crippen molar-refractivity contribution >= 4 is 10.8 Å². The molecule has 0 bridgehead atoms. The maximum absolute atomic E-state index is 12.0. The van der Waals surface area contributed by atoms with E-state index >= 15 is 0 Å². The van der Waals surface area contributed by atoms with E-state index in [0.717, 1.165) is 23.5 Å². The number of benzene rings is 1. The fourth-order valence-electron chi connectivity index (χ4n) is 1.56. The smallest absolute Gasteiger partial charge is 0.0571 e. The second-order valence-electron chi connectivity index (χ2n) is 4.43. The van der Waals surface area contributed by atoms with Crippen LogP contribution in [0.25, 0.3) is 0 Å². The molecule has 0 aromatic heterocycles. The Bertz CT molecular complexity index is 388. The van der Waals surface area contributed by atoms with Crippen LogP contribution in [0.15, 0.2) is 41.8 Å². The van der Waals surface area contributed by atoms with Gasteiger partial charge in [-0.3, -0.25) is 4.21 Å². The fourth-order valence-corrected chi connectivity index (χ4v) is 2.62. The van der Waals surface area contributed by atoms with Crippen LogP contribution in [0.4, 0.5) is 0 Å². The number of nitrogens with one attached hydrogen (secondary N) is 1. The lowest BCUT2D eigenvalue weighted by atomic mass is 10.2. The monoisotopic (exact) mass is 251 g/mol. The molecule has 17 heavy (non-hydrogen) atoms. The Balaban J connectivity index is 2.70. The Hall–Kier alpha value is -0.930. The Labute approximate surface area is 107 Å². The Morgan fingerprint density at radius 3 is 2.76 bits per heavy atom. The van der Waals surface area contributed by atoms with Crippen molar-refractivity contribution in [3.05, 3.63) is 42.5 Å². The van der Waals surface area contributed by atoms with Crippen LogP contribution in [0.3, 0.4) is 0 Å². The highest BCUT2D eigenvalue weighted by Gasteiger charge is 2.07. The van der Waals surface area contributed by atoms with Gasteiger partial charge in [0, 0.05) is 17.2 Å². The van der Waals surface area contributed by atoms with E-state index in [2.05, 4.69) is 25.7 Å². The first-order valence-electron chi connectivity index (χ1n) is 5.93. The van der Waals surface area contributed by atoms with Crippen molar-refractivity contribution in [2.45, 2.75) is 25.3 Å². The maximum Gasteiger partial charge on any atom is 0.0571 e. The molecule has 0 fully saturated rings. The van der Waals surface area contributed by atoms with Crippen molar-refractivity contribution in [3.63, 3.8) is 0 Å². The molecule has 0 heterocycles. The van der Waals surface area contributed by atoms with Crippen LogP contribution in [0.1, 0.15) is 19.4 Å². The van der Waals surface area contributed by atoms with Crippen LogP contribution in [0.5, 0.6) is 0 Å². The third kappa shape index (κ3) is 4.84. The normalized spacial score (nSPS) is 12.6. The van der Waals surface area contributed by atoms with Crippen molar-refractivity contribution < 1.29 is 4.21 Å². The average molecular weight is 251 g/mol. The minimum atomic E-state index is -0.967. The first-order valence-corrected chi connectivity index (χ1v) is 7.25. The summed E-state index contributed by atoms with van der Waals surface area (Å²) in [6.45, 7) is 9.73. The fraction of sp³-hybridized carbons (Fsp3) is 0.429. The molecular formula is C14H21NOS. The van der Waals surface area contributed by atoms with E-state index in [9.17, 15) is 4.21 Å². The van der Waals surface area contributed by atoms with Gasteiger partial charge in [-0.1, -0.05) is 38.1 Å². The Morgan fingerprint density at radius 1 is 1.41 bits per heavy atom. The molecule has 1 aromatic carbocycles.